The fourth-order valence-electron chi connectivity index (χ4n) is 1.51. The van der Waals surface area contributed by atoms with E-state index in [4.69, 9.17) is 10.5 Å². The molecule has 0 saturated carbocycles. The molecular formula is C12H26N2O2. The van der Waals surface area contributed by atoms with E-state index in [1.54, 1.807) is 0 Å². The Bertz CT molecular complexity index is 174. The summed E-state index contributed by atoms with van der Waals surface area (Å²) in [5, 5.41) is 2.91. The van der Waals surface area contributed by atoms with Crippen molar-refractivity contribution < 1.29 is 9.53 Å². The summed E-state index contributed by atoms with van der Waals surface area (Å²) in [5.41, 5.74) is 5.25. The highest BCUT2D eigenvalue weighted by atomic mass is 16.5. The first kappa shape index (κ1) is 15.4. The molecule has 0 saturated heterocycles. The highest BCUT2D eigenvalue weighted by Gasteiger charge is 2.06. The average Bonchev–Trinajstić information content (AvgIpc) is 2.25. The molecule has 0 fully saturated rings. The van der Waals surface area contributed by atoms with Gasteiger partial charge in [-0.2, -0.15) is 0 Å². The highest BCUT2D eigenvalue weighted by Crippen LogP contribution is 2.04. The third kappa shape index (κ3) is 9.93. The number of nitrogens with two attached hydrogens (primary N) is 1. The van der Waals surface area contributed by atoms with Gasteiger partial charge in [-0.15, -0.1) is 0 Å². The number of ether oxygens (including phenoxy) is 1. The fraction of sp³-hybridized carbons (Fsp3) is 0.917. The zero-order chi connectivity index (χ0) is 12.2. The van der Waals surface area contributed by atoms with Crippen molar-refractivity contribution in [1.82, 2.24) is 5.32 Å². The second kappa shape index (κ2) is 10.9. The lowest BCUT2D eigenvalue weighted by Gasteiger charge is -2.13. The van der Waals surface area contributed by atoms with Crippen LogP contribution in [-0.4, -0.2) is 31.7 Å². The van der Waals surface area contributed by atoms with Crippen molar-refractivity contribution in [2.24, 2.45) is 5.73 Å². The third-order valence-electron chi connectivity index (χ3n) is 2.39. The Morgan fingerprint density at radius 3 is 2.75 bits per heavy atom. The summed E-state index contributed by atoms with van der Waals surface area (Å²) >= 11 is 0. The molecule has 96 valence electrons. The van der Waals surface area contributed by atoms with E-state index in [1.165, 1.54) is 25.7 Å². The van der Waals surface area contributed by atoms with Crippen molar-refractivity contribution in [3.8, 4) is 0 Å². The summed E-state index contributed by atoms with van der Waals surface area (Å²) < 4.78 is 5.05. The van der Waals surface area contributed by atoms with E-state index < -0.39 is 0 Å². The lowest BCUT2D eigenvalue weighted by atomic mass is 10.1. The first-order chi connectivity index (χ1) is 7.70. The number of carbonyl (C=O) groups excluding carboxylic acids is 1. The number of nitrogens with one attached hydrogen (secondary N) is 1. The van der Waals surface area contributed by atoms with Crippen molar-refractivity contribution in [3.63, 3.8) is 0 Å². The lowest BCUT2D eigenvalue weighted by molar-refractivity contribution is -0.126. The maximum atomic E-state index is 11.3. The van der Waals surface area contributed by atoms with Gasteiger partial charge in [-0.05, 0) is 13.3 Å². The molecule has 4 nitrogen and oxygen atoms in total. The van der Waals surface area contributed by atoms with Crippen molar-refractivity contribution in [2.75, 3.05) is 19.8 Å². The molecule has 0 radical (unpaired) electrons. The van der Waals surface area contributed by atoms with Gasteiger partial charge in [-0.25, -0.2) is 0 Å². The predicted molar refractivity (Wildman–Crippen MR) is 66.2 cm³/mol. The number of carbonyl (C=O) groups is 1. The second-order valence-electron chi connectivity index (χ2n) is 4.16. The summed E-state index contributed by atoms with van der Waals surface area (Å²) in [4.78, 5) is 11.3. The Morgan fingerprint density at radius 2 is 2.12 bits per heavy atom. The maximum absolute atomic E-state index is 11.3. The van der Waals surface area contributed by atoms with E-state index >= 15 is 0 Å². The van der Waals surface area contributed by atoms with Crippen LogP contribution in [0.5, 0.6) is 0 Å². The van der Waals surface area contributed by atoms with Gasteiger partial charge in [0.1, 0.15) is 6.61 Å². The van der Waals surface area contributed by atoms with Crippen LogP contribution in [0.3, 0.4) is 0 Å². The van der Waals surface area contributed by atoms with Crippen LogP contribution in [0.1, 0.15) is 46.0 Å². The van der Waals surface area contributed by atoms with Gasteiger partial charge in [0, 0.05) is 12.6 Å². The molecule has 1 amide bonds. The van der Waals surface area contributed by atoms with Crippen LogP contribution in [0, 0.1) is 0 Å². The van der Waals surface area contributed by atoms with Gasteiger partial charge in [-0.1, -0.05) is 32.6 Å². The van der Waals surface area contributed by atoms with Gasteiger partial charge in [0.2, 0.25) is 5.91 Å². The maximum Gasteiger partial charge on any atom is 0.246 e. The largest absolute Gasteiger partial charge is 0.370 e. The van der Waals surface area contributed by atoms with Crippen LogP contribution < -0.4 is 11.1 Å². The molecule has 0 bridgehead atoms. The molecule has 0 aliphatic rings. The van der Waals surface area contributed by atoms with Crippen LogP contribution in [0.2, 0.25) is 0 Å². The Hall–Kier alpha value is -0.610. The molecule has 1 atom stereocenters. The van der Waals surface area contributed by atoms with E-state index in [0.29, 0.717) is 13.2 Å². The summed E-state index contributed by atoms with van der Waals surface area (Å²) in [6.07, 6.45) is 6.00. The van der Waals surface area contributed by atoms with Crippen molar-refractivity contribution >= 4 is 5.91 Å². The molecule has 0 heterocycles. The minimum absolute atomic E-state index is 0.0450. The van der Waals surface area contributed by atoms with E-state index in [-0.39, 0.29) is 18.6 Å². The van der Waals surface area contributed by atoms with Gasteiger partial charge >= 0.3 is 0 Å². The zero-order valence-electron chi connectivity index (χ0n) is 10.6. The standard InChI is InChI=1S/C12H26N2O2/c1-3-4-5-6-7-11(2)14-12(15)10-16-9-8-13/h11H,3-10,13H2,1-2H3,(H,14,15). The number of unbranched alkanes of at least 4 members (excludes halogenated alkanes) is 3. The van der Waals surface area contributed by atoms with Crippen molar-refractivity contribution in [2.45, 2.75) is 52.0 Å². The lowest BCUT2D eigenvalue weighted by Crippen LogP contribution is -2.35. The first-order valence-electron chi connectivity index (χ1n) is 6.27. The molecule has 0 rings (SSSR count). The minimum atomic E-state index is -0.0450. The minimum Gasteiger partial charge on any atom is -0.370 e. The van der Waals surface area contributed by atoms with Crippen molar-refractivity contribution in [1.29, 1.82) is 0 Å². The quantitative estimate of drug-likeness (QED) is 0.558. The number of rotatable bonds is 10. The number of hydrogen-bond donors (Lipinski definition) is 2. The summed E-state index contributed by atoms with van der Waals surface area (Å²) in [7, 11) is 0. The van der Waals surface area contributed by atoms with Crippen LogP contribution in [0.25, 0.3) is 0 Å². The molecule has 0 aliphatic carbocycles. The fourth-order valence-corrected chi connectivity index (χ4v) is 1.51. The highest BCUT2D eigenvalue weighted by molar-refractivity contribution is 5.77. The van der Waals surface area contributed by atoms with Gasteiger partial charge in [0.05, 0.1) is 6.61 Å². The summed E-state index contributed by atoms with van der Waals surface area (Å²) in [6.45, 7) is 5.25. The number of amides is 1. The smallest absolute Gasteiger partial charge is 0.246 e. The average molecular weight is 230 g/mol. The van der Waals surface area contributed by atoms with Gasteiger partial charge in [0.25, 0.3) is 0 Å². The normalized spacial score (nSPS) is 12.4. The van der Waals surface area contributed by atoms with Crippen LogP contribution in [0.4, 0.5) is 0 Å². The number of hydrogen-bond acceptors (Lipinski definition) is 3. The molecule has 0 aliphatic heterocycles. The summed E-state index contributed by atoms with van der Waals surface area (Å²) in [5.74, 6) is -0.0450. The van der Waals surface area contributed by atoms with Gasteiger partial charge in [0.15, 0.2) is 0 Å². The molecule has 3 N–H and O–H groups in total. The molecular weight excluding hydrogens is 204 g/mol. The SMILES string of the molecule is CCCCCCC(C)NC(=O)COCCN. The Kier molecular flexibility index (Phi) is 10.5. The molecule has 0 aromatic carbocycles. The van der Waals surface area contributed by atoms with Crippen LogP contribution in [0.15, 0.2) is 0 Å². The molecule has 16 heavy (non-hydrogen) atoms. The second-order valence-corrected chi connectivity index (χ2v) is 4.16. The molecule has 0 aromatic heterocycles. The van der Waals surface area contributed by atoms with Crippen LogP contribution >= 0.6 is 0 Å². The van der Waals surface area contributed by atoms with E-state index in [1.807, 2.05) is 6.92 Å². The first-order valence-corrected chi connectivity index (χ1v) is 6.27. The summed E-state index contributed by atoms with van der Waals surface area (Å²) in [6, 6.07) is 0.242. The van der Waals surface area contributed by atoms with Crippen molar-refractivity contribution in [3.05, 3.63) is 0 Å². The Balaban J connectivity index is 3.39. The van der Waals surface area contributed by atoms with Crippen LogP contribution in [-0.2, 0) is 9.53 Å². The van der Waals surface area contributed by atoms with Gasteiger partial charge < -0.3 is 15.8 Å². The van der Waals surface area contributed by atoms with E-state index in [9.17, 15) is 4.79 Å². The van der Waals surface area contributed by atoms with E-state index in [0.717, 1.165) is 6.42 Å². The predicted octanol–water partition coefficient (Wildman–Crippen LogP) is 1.44. The van der Waals surface area contributed by atoms with E-state index in [2.05, 4.69) is 12.2 Å². The third-order valence-corrected chi connectivity index (χ3v) is 2.39. The van der Waals surface area contributed by atoms with Gasteiger partial charge in [-0.3, -0.25) is 4.79 Å². The Morgan fingerprint density at radius 1 is 1.38 bits per heavy atom. The molecule has 1 unspecified atom stereocenters. The molecule has 0 spiro atoms. The topological polar surface area (TPSA) is 64.3 Å². The Labute approximate surface area is 98.9 Å². The molecule has 4 heteroatoms. The monoisotopic (exact) mass is 230 g/mol. The molecule has 0 aromatic rings. The zero-order valence-corrected chi connectivity index (χ0v) is 10.6.